The van der Waals surface area contributed by atoms with E-state index in [0.717, 1.165) is 11.3 Å². The minimum Gasteiger partial charge on any atom is -0.462 e. The monoisotopic (exact) mass is 382 g/mol. The van der Waals surface area contributed by atoms with Crippen molar-refractivity contribution in [3.63, 3.8) is 0 Å². The largest absolute Gasteiger partial charge is 0.462 e. The Hall–Kier alpha value is -3.29. The van der Waals surface area contributed by atoms with Crippen LogP contribution in [0.15, 0.2) is 29.8 Å². The maximum absolute atomic E-state index is 13.0. The molecule has 1 aromatic heterocycles. The second-order valence-electron chi connectivity index (χ2n) is 5.51. The third-order valence-electron chi connectivity index (χ3n) is 3.72. The molecule has 1 aromatic carbocycles. The Kier molecular flexibility index (Phi) is 6.59. The highest BCUT2D eigenvalue weighted by molar-refractivity contribution is 7.14. The van der Waals surface area contributed by atoms with Crippen molar-refractivity contribution < 1.29 is 18.7 Å². The normalized spacial score (nSPS) is 10.8. The summed E-state index contributed by atoms with van der Waals surface area (Å²) in [6.45, 7) is 3.50. The number of carbonyl (C=O) groups is 2. The Labute approximate surface area is 159 Å². The van der Waals surface area contributed by atoms with Crippen LogP contribution in [0, 0.1) is 35.4 Å². The van der Waals surface area contributed by atoms with E-state index >= 15 is 0 Å². The number of hydrogen-bond donors (Lipinski definition) is 0. The number of nitriles is 2. The Bertz CT molecular complexity index is 992. The minimum absolute atomic E-state index is 0.116. The molecule has 0 atom stereocenters. The fourth-order valence-corrected chi connectivity index (χ4v) is 3.53. The van der Waals surface area contributed by atoms with Gasteiger partial charge in [-0.1, -0.05) is 12.1 Å². The van der Waals surface area contributed by atoms with Crippen molar-refractivity contribution in [1.29, 1.82) is 10.5 Å². The van der Waals surface area contributed by atoms with Gasteiger partial charge in [-0.3, -0.25) is 4.79 Å². The predicted octanol–water partition coefficient (Wildman–Crippen LogP) is 3.96. The lowest BCUT2D eigenvalue weighted by molar-refractivity contribution is -0.114. The van der Waals surface area contributed by atoms with Crippen molar-refractivity contribution in [2.75, 3.05) is 6.61 Å². The number of ether oxygens (including phenoxy) is 1. The van der Waals surface area contributed by atoms with E-state index in [9.17, 15) is 24.5 Å². The summed E-state index contributed by atoms with van der Waals surface area (Å²) >= 11 is 1.02. The van der Waals surface area contributed by atoms with Gasteiger partial charge < -0.3 is 4.74 Å². The van der Waals surface area contributed by atoms with E-state index in [1.807, 2.05) is 12.1 Å². The Morgan fingerprint density at radius 3 is 2.48 bits per heavy atom. The maximum atomic E-state index is 13.0. The van der Waals surface area contributed by atoms with Gasteiger partial charge in [-0.25, -0.2) is 9.18 Å². The summed E-state index contributed by atoms with van der Waals surface area (Å²) in [5.74, 6) is -1.45. The van der Waals surface area contributed by atoms with Gasteiger partial charge in [0.1, 0.15) is 22.8 Å². The number of ketones is 1. The van der Waals surface area contributed by atoms with Crippen LogP contribution in [-0.4, -0.2) is 18.4 Å². The van der Waals surface area contributed by atoms with Gasteiger partial charge >= 0.3 is 5.97 Å². The molecule has 2 aromatic rings. The SMILES string of the molecule is CCOC(=O)c1sc(CC(=O)C(C#N)=Cc2ccc(F)cc2)c(C#N)c1C. The highest BCUT2D eigenvalue weighted by Crippen LogP contribution is 2.29. The van der Waals surface area contributed by atoms with Crippen LogP contribution in [0.4, 0.5) is 4.39 Å². The minimum atomic E-state index is -0.544. The second kappa shape index (κ2) is 8.88. The van der Waals surface area contributed by atoms with Gasteiger partial charge in [-0.2, -0.15) is 10.5 Å². The fourth-order valence-electron chi connectivity index (χ4n) is 2.38. The van der Waals surface area contributed by atoms with Gasteiger partial charge in [0.25, 0.3) is 0 Å². The molecule has 0 bridgehead atoms. The molecule has 2 rings (SSSR count). The molecule has 1 heterocycles. The molecular weight excluding hydrogens is 367 g/mol. The average Bonchev–Trinajstić information content (AvgIpc) is 2.96. The van der Waals surface area contributed by atoms with Crippen molar-refractivity contribution in [2.45, 2.75) is 20.3 Å². The smallest absolute Gasteiger partial charge is 0.348 e. The summed E-state index contributed by atoms with van der Waals surface area (Å²) in [6.07, 6.45) is 1.18. The van der Waals surface area contributed by atoms with Crippen molar-refractivity contribution in [3.8, 4) is 12.1 Å². The molecule has 0 saturated heterocycles. The van der Waals surface area contributed by atoms with Crippen LogP contribution in [0.5, 0.6) is 0 Å². The summed E-state index contributed by atoms with van der Waals surface area (Å²) in [6, 6.07) is 9.21. The lowest BCUT2D eigenvalue weighted by atomic mass is 10.0. The molecule has 27 heavy (non-hydrogen) atoms. The summed E-state index contributed by atoms with van der Waals surface area (Å²) < 4.78 is 17.9. The molecule has 0 saturated carbocycles. The topological polar surface area (TPSA) is 90.9 Å². The van der Waals surface area contributed by atoms with Crippen molar-refractivity contribution in [2.24, 2.45) is 0 Å². The quantitative estimate of drug-likeness (QED) is 0.428. The molecule has 0 amide bonds. The molecule has 136 valence electrons. The van der Waals surface area contributed by atoms with E-state index in [1.165, 1.54) is 30.3 Å². The van der Waals surface area contributed by atoms with E-state index in [1.54, 1.807) is 13.8 Å². The van der Waals surface area contributed by atoms with E-state index in [2.05, 4.69) is 0 Å². The maximum Gasteiger partial charge on any atom is 0.348 e. The number of Topliss-reactive ketones (excluding diaryl/α,β-unsaturated/α-hetero) is 1. The number of esters is 1. The van der Waals surface area contributed by atoms with Crippen LogP contribution in [-0.2, 0) is 16.0 Å². The van der Waals surface area contributed by atoms with E-state index < -0.39 is 17.6 Å². The average molecular weight is 382 g/mol. The van der Waals surface area contributed by atoms with Crippen LogP contribution in [0.3, 0.4) is 0 Å². The van der Waals surface area contributed by atoms with Crippen molar-refractivity contribution >= 4 is 29.2 Å². The van der Waals surface area contributed by atoms with Gasteiger partial charge in [0, 0.05) is 11.3 Å². The van der Waals surface area contributed by atoms with Crippen LogP contribution < -0.4 is 0 Å². The third-order valence-corrected chi connectivity index (χ3v) is 4.99. The molecule has 0 aliphatic carbocycles. The summed E-state index contributed by atoms with van der Waals surface area (Å²) in [5, 5.41) is 18.7. The molecule has 0 aliphatic rings. The lowest BCUT2D eigenvalue weighted by Crippen LogP contribution is -2.05. The Morgan fingerprint density at radius 1 is 1.26 bits per heavy atom. The highest BCUT2D eigenvalue weighted by atomic mass is 32.1. The lowest BCUT2D eigenvalue weighted by Gasteiger charge is -1.99. The molecular formula is C20H15FN2O3S. The molecule has 5 nitrogen and oxygen atoms in total. The first kappa shape index (κ1) is 20.0. The fraction of sp³-hybridized carbons (Fsp3) is 0.200. The molecule has 7 heteroatoms. The van der Waals surface area contributed by atoms with Gasteiger partial charge in [-0.15, -0.1) is 11.3 Å². The molecule has 0 N–H and O–H groups in total. The summed E-state index contributed by atoms with van der Waals surface area (Å²) in [7, 11) is 0. The van der Waals surface area contributed by atoms with E-state index in [-0.39, 0.29) is 29.0 Å². The predicted molar refractivity (Wildman–Crippen MR) is 98.4 cm³/mol. The molecule has 0 fully saturated rings. The second-order valence-corrected chi connectivity index (χ2v) is 6.61. The number of rotatable bonds is 6. The van der Waals surface area contributed by atoms with Gasteiger partial charge in [0.05, 0.1) is 17.7 Å². The van der Waals surface area contributed by atoms with Gasteiger partial charge in [0.15, 0.2) is 5.78 Å². The summed E-state index contributed by atoms with van der Waals surface area (Å²) in [5.41, 5.74) is 1.10. The van der Waals surface area contributed by atoms with Crippen molar-refractivity contribution in [1.82, 2.24) is 0 Å². The standard InChI is InChI=1S/C20H15FN2O3S/c1-3-26-20(25)19-12(2)16(11-23)18(27-19)9-17(24)14(10-22)8-13-4-6-15(21)7-5-13/h4-8H,3,9H2,1-2H3. The van der Waals surface area contributed by atoms with Crippen LogP contribution >= 0.6 is 11.3 Å². The van der Waals surface area contributed by atoms with E-state index in [0.29, 0.717) is 16.0 Å². The molecule has 0 unspecified atom stereocenters. The zero-order chi connectivity index (χ0) is 20.0. The third kappa shape index (κ3) is 4.66. The highest BCUT2D eigenvalue weighted by Gasteiger charge is 2.23. The zero-order valence-corrected chi connectivity index (χ0v) is 15.5. The number of allylic oxidation sites excluding steroid dienone is 1. The number of nitrogens with zero attached hydrogens (tertiary/aromatic N) is 2. The first-order valence-electron chi connectivity index (χ1n) is 8.01. The number of halogens is 1. The zero-order valence-electron chi connectivity index (χ0n) is 14.7. The molecule has 0 spiro atoms. The molecule has 0 aliphatic heterocycles. The summed E-state index contributed by atoms with van der Waals surface area (Å²) in [4.78, 5) is 25.2. The van der Waals surface area contributed by atoms with Crippen LogP contribution in [0.25, 0.3) is 6.08 Å². The Balaban J connectivity index is 2.32. The Morgan fingerprint density at radius 2 is 1.93 bits per heavy atom. The first-order valence-corrected chi connectivity index (χ1v) is 8.82. The molecule has 0 radical (unpaired) electrons. The number of carbonyl (C=O) groups excluding carboxylic acids is 2. The van der Waals surface area contributed by atoms with Crippen molar-refractivity contribution in [3.05, 3.63) is 62.1 Å². The van der Waals surface area contributed by atoms with Gasteiger partial charge in [-0.05, 0) is 43.2 Å². The first-order chi connectivity index (χ1) is 12.9. The van der Waals surface area contributed by atoms with Crippen LogP contribution in [0.2, 0.25) is 0 Å². The van der Waals surface area contributed by atoms with E-state index in [4.69, 9.17) is 4.74 Å². The number of thiophene rings is 1. The van der Waals surface area contributed by atoms with Gasteiger partial charge in [0.2, 0.25) is 0 Å². The van der Waals surface area contributed by atoms with Crippen LogP contribution in [0.1, 0.15) is 38.2 Å². The number of benzene rings is 1. The number of hydrogen-bond acceptors (Lipinski definition) is 6.